The number of allylic oxidation sites excluding steroid dienone is 1. The zero-order chi connectivity index (χ0) is 28.3. The van der Waals surface area contributed by atoms with Gasteiger partial charge in [0.2, 0.25) is 5.95 Å². The quantitative estimate of drug-likeness (QED) is 0.351. The van der Waals surface area contributed by atoms with Gasteiger partial charge < -0.3 is 9.47 Å². The van der Waals surface area contributed by atoms with Crippen LogP contribution in [0.4, 0.5) is 24.8 Å². The van der Waals surface area contributed by atoms with E-state index in [0.29, 0.717) is 11.1 Å². The Morgan fingerprint density at radius 3 is 2.54 bits per heavy atom. The summed E-state index contributed by atoms with van der Waals surface area (Å²) in [6.45, 7) is 1.35. The standard InChI is InChI=1S/C26H22F3N5O5/c1-15-21(23(36)39-12-4-7-20(35)38-2)22(17-10-8-16(14-30)9-11-17)34-24(31-32-25(34)37)33(15)19-6-3-5-18(13-19)26(27,28)29/h3,5-6,8-11,13,22H,4,7,12H2,1-2H3,(H,32,37). The van der Waals surface area contributed by atoms with E-state index >= 15 is 0 Å². The number of anilines is 2. The van der Waals surface area contributed by atoms with Gasteiger partial charge in [-0.3, -0.25) is 9.69 Å². The Labute approximate surface area is 219 Å². The third-order valence-corrected chi connectivity index (χ3v) is 6.14. The van der Waals surface area contributed by atoms with Gasteiger partial charge in [-0.05, 0) is 49.2 Å². The molecular formula is C26H22F3N5O5. The zero-order valence-electron chi connectivity index (χ0n) is 20.8. The molecule has 2 heterocycles. The number of nitrogens with zero attached hydrogens (tertiary/aromatic N) is 4. The first-order valence-corrected chi connectivity index (χ1v) is 11.7. The molecule has 1 atom stereocenters. The first kappa shape index (κ1) is 27.2. The van der Waals surface area contributed by atoms with Crippen LogP contribution in [-0.4, -0.2) is 40.4 Å². The lowest BCUT2D eigenvalue weighted by Crippen LogP contribution is -2.38. The van der Waals surface area contributed by atoms with E-state index in [9.17, 15) is 32.8 Å². The van der Waals surface area contributed by atoms with Gasteiger partial charge in [-0.1, -0.05) is 18.2 Å². The molecule has 0 saturated heterocycles. The van der Waals surface area contributed by atoms with Crippen LogP contribution < -0.4 is 10.6 Å². The molecule has 0 fully saturated rings. The third-order valence-electron chi connectivity index (χ3n) is 6.14. The fourth-order valence-corrected chi connectivity index (χ4v) is 4.29. The molecule has 202 valence electrons. The summed E-state index contributed by atoms with van der Waals surface area (Å²) in [6.07, 6.45) is -4.47. The highest BCUT2D eigenvalue weighted by Gasteiger charge is 2.40. The molecule has 0 spiro atoms. The monoisotopic (exact) mass is 541 g/mol. The molecule has 39 heavy (non-hydrogen) atoms. The van der Waals surface area contributed by atoms with E-state index in [-0.39, 0.29) is 42.4 Å². The molecule has 0 bridgehead atoms. The summed E-state index contributed by atoms with van der Waals surface area (Å²) in [5.74, 6) is -1.38. The summed E-state index contributed by atoms with van der Waals surface area (Å²) >= 11 is 0. The summed E-state index contributed by atoms with van der Waals surface area (Å²) in [4.78, 5) is 39.1. The number of ether oxygens (including phenoxy) is 2. The van der Waals surface area contributed by atoms with Crippen molar-refractivity contribution in [2.45, 2.75) is 32.0 Å². The number of nitrogens with one attached hydrogen (secondary N) is 1. The Morgan fingerprint density at radius 2 is 1.90 bits per heavy atom. The molecule has 2 aromatic carbocycles. The molecule has 13 heteroatoms. The summed E-state index contributed by atoms with van der Waals surface area (Å²) in [7, 11) is 1.23. The van der Waals surface area contributed by atoms with E-state index in [1.54, 1.807) is 12.1 Å². The van der Waals surface area contributed by atoms with Gasteiger partial charge in [-0.2, -0.15) is 18.4 Å². The maximum atomic E-state index is 13.5. The van der Waals surface area contributed by atoms with Crippen molar-refractivity contribution in [1.29, 1.82) is 5.26 Å². The fraction of sp³-hybridized carbons (Fsp3) is 0.269. The van der Waals surface area contributed by atoms with Crippen molar-refractivity contribution in [3.05, 3.63) is 87.0 Å². The van der Waals surface area contributed by atoms with Crippen LogP contribution in [0, 0.1) is 11.3 Å². The number of hydrogen-bond donors (Lipinski definition) is 1. The number of rotatable bonds is 7. The van der Waals surface area contributed by atoms with Crippen LogP contribution in [0.1, 0.15) is 42.5 Å². The topological polar surface area (TPSA) is 130 Å². The van der Waals surface area contributed by atoms with E-state index in [4.69, 9.17) is 4.74 Å². The number of nitriles is 1. The Hall–Kier alpha value is -4.86. The molecule has 1 unspecified atom stereocenters. The van der Waals surface area contributed by atoms with Crippen molar-refractivity contribution in [3.8, 4) is 6.07 Å². The predicted molar refractivity (Wildman–Crippen MR) is 131 cm³/mol. The van der Waals surface area contributed by atoms with Crippen molar-refractivity contribution < 1.29 is 32.2 Å². The Kier molecular flexibility index (Phi) is 7.57. The molecule has 1 aliphatic rings. The third kappa shape index (κ3) is 5.40. The molecule has 0 aliphatic carbocycles. The Balaban J connectivity index is 1.85. The van der Waals surface area contributed by atoms with Crippen molar-refractivity contribution in [2.75, 3.05) is 18.6 Å². The maximum absolute atomic E-state index is 13.5. The van der Waals surface area contributed by atoms with Crippen molar-refractivity contribution in [3.63, 3.8) is 0 Å². The van der Waals surface area contributed by atoms with Crippen LogP contribution in [0.25, 0.3) is 0 Å². The van der Waals surface area contributed by atoms with Crippen molar-refractivity contribution in [1.82, 2.24) is 14.8 Å². The molecule has 10 nitrogen and oxygen atoms in total. The SMILES string of the molecule is COC(=O)CCCOC(=O)C1=C(C)N(c2cccc(C(F)(F)F)c2)c2n[nH]c(=O)n2C1c1ccc(C#N)cc1. The summed E-state index contributed by atoms with van der Waals surface area (Å²) in [5, 5.41) is 15.5. The molecule has 0 saturated carbocycles. The first-order chi connectivity index (χ1) is 18.6. The van der Waals surface area contributed by atoms with Gasteiger partial charge in [0.1, 0.15) is 6.04 Å². The lowest BCUT2D eigenvalue weighted by Gasteiger charge is -2.35. The predicted octanol–water partition coefficient (Wildman–Crippen LogP) is 3.97. The minimum absolute atomic E-state index is 0.00254. The highest BCUT2D eigenvalue weighted by molar-refractivity contribution is 5.93. The molecule has 1 N–H and O–H groups in total. The summed E-state index contributed by atoms with van der Waals surface area (Å²) in [5.41, 5.74) is -0.731. The number of alkyl halides is 3. The van der Waals surface area contributed by atoms with E-state index < -0.39 is 35.4 Å². The van der Waals surface area contributed by atoms with Crippen LogP contribution in [0.3, 0.4) is 0 Å². The normalized spacial score (nSPS) is 15.0. The van der Waals surface area contributed by atoms with Crippen LogP contribution in [0.2, 0.25) is 0 Å². The second-order valence-electron chi connectivity index (χ2n) is 8.53. The van der Waals surface area contributed by atoms with Crippen LogP contribution in [-0.2, 0) is 25.2 Å². The van der Waals surface area contributed by atoms with E-state index in [2.05, 4.69) is 14.9 Å². The number of esters is 2. The van der Waals surface area contributed by atoms with Crippen LogP contribution in [0.5, 0.6) is 0 Å². The number of fused-ring (bicyclic) bond motifs is 1. The number of carbonyl (C=O) groups is 2. The van der Waals surface area contributed by atoms with Gasteiger partial charge in [0.15, 0.2) is 0 Å². The average molecular weight is 541 g/mol. The number of benzene rings is 2. The van der Waals surface area contributed by atoms with Gasteiger partial charge >= 0.3 is 23.8 Å². The minimum Gasteiger partial charge on any atom is -0.469 e. The van der Waals surface area contributed by atoms with E-state index in [0.717, 1.165) is 16.7 Å². The molecule has 4 rings (SSSR count). The van der Waals surface area contributed by atoms with Crippen LogP contribution >= 0.6 is 0 Å². The zero-order valence-corrected chi connectivity index (χ0v) is 20.8. The van der Waals surface area contributed by atoms with Gasteiger partial charge in [-0.15, -0.1) is 5.10 Å². The van der Waals surface area contributed by atoms with E-state index in [1.807, 2.05) is 6.07 Å². The number of carbonyl (C=O) groups excluding carboxylic acids is 2. The van der Waals surface area contributed by atoms with Gasteiger partial charge in [0, 0.05) is 17.8 Å². The molecule has 3 aromatic rings. The lowest BCUT2D eigenvalue weighted by molar-refractivity contribution is -0.144. The minimum atomic E-state index is -4.64. The summed E-state index contributed by atoms with van der Waals surface area (Å²) in [6, 6.07) is 11.4. The largest absolute Gasteiger partial charge is 0.469 e. The number of H-pyrrole nitrogens is 1. The molecule has 0 radical (unpaired) electrons. The molecule has 1 aromatic heterocycles. The van der Waals surface area contributed by atoms with Crippen molar-refractivity contribution >= 4 is 23.6 Å². The molecular weight excluding hydrogens is 519 g/mol. The Morgan fingerprint density at radius 1 is 1.18 bits per heavy atom. The van der Waals surface area contributed by atoms with E-state index in [1.165, 1.54) is 43.2 Å². The lowest BCUT2D eigenvalue weighted by atomic mass is 9.93. The second-order valence-corrected chi connectivity index (χ2v) is 8.53. The highest BCUT2D eigenvalue weighted by atomic mass is 19.4. The fourth-order valence-electron chi connectivity index (χ4n) is 4.29. The number of aromatic nitrogens is 3. The second kappa shape index (κ2) is 10.9. The summed E-state index contributed by atoms with van der Waals surface area (Å²) < 4.78 is 51.6. The number of hydrogen-bond acceptors (Lipinski definition) is 8. The van der Waals surface area contributed by atoms with Gasteiger partial charge in [0.05, 0.1) is 36.5 Å². The maximum Gasteiger partial charge on any atom is 0.416 e. The molecule has 1 aliphatic heterocycles. The van der Waals surface area contributed by atoms with Crippen molar-refractivity contribution in [2.24, 2.45) is 0 Å². The molecule has 0 amide bonds. The Bertz CT molecular complexity index is 1530. The number of aromatic amines is 1. The first-order valence-electron chi connectivity index (χ1n) is 11.7. The van der Waals surface area contributed by atoms with Crippen LogP contribution in [0.15, 0.2) is 64.6 Å². The van der Waals surface area contributed by atoms with Gasteiger partial charge in [-0.25, -0.2) is 19.3 Å². The number of methoxy groups -OCH3 is 1. The average Bonchev–Trinajstić information content (AvgIpc) is 3.30. The number of halogens is 3. The smallest absolute Gasteiger partial charge is 0.416 e. The highest BCUT2D eigenvalue weighted by Crippen LogP contribution is 2.42. The van der Waals surface area contributed by atoms with Gasteiger partial charge in [0.25, 0.3) is 0 Å².